The summed E-state index contributed by atoms with van der Waals surface area (Å²) in [6.07, 6.45) is 0.263. The van der Waals surface area contributed by atoms with Crippen LogP contribution in [-0.2, 0) is 18.3 Å². The Bertz CT molecular complexity index is 1050. The van der Waals surface area contributed by atoms with Gasteiger partial charge >= 0.3 is 0 Å². The number of carbonyl (C=O) groups excluding carboxylic acids is 2. The van der Waals surface area contributed by atoms with Crippen molar-refractivity contribution in [2.24, 2.45) is 7.05 Å². The van der Waals surface area contributed by atoms with Gasteiger partial charge in [-0.15, -0.1) is 10.2 Å². The first kappa shape index (κ1) is 22.6. The molecule has 7 nitrogen and oxygen atoms in total. The number of thioether (sulfide) groups is 1. The predicted molar refractivity (Wildman–Crippen MR) is 120 cm³/mol. The van der Waals surface area contributed by atoms with Gasteiger partial charge < -0.3 is 14.6 Å². The van der Waals surface area contributed by atoms with Crippen LogP contribution >= 0.6 is 11.8 Å². The number of hydrogen-bond donors (Lipinski definition) is 1. The van der Waals surface area contributed by atoms with Crippen molar-refractivity contribution >= 4 is 23.5 Å². The number of Topliss-reactive ketones (excluding diaryl/α,β-unsaturated/α-hetero) is 1. The molecule has 1 amide bonds. The van der Waals surface area contributed by atoms with Crippen LogP contribution in [0.25, 0.3) is 0 Å². The van der Waals surface area contributed by atoms with E-state index < -0.39 is 0 Å². The van der Waals surface area contributed by atoms with E-state index in [1.807, 2.05) is 74.0 Å². The molecule has 0 saturated carbocycles. The molecule has 0 fully saturated rings. The van der Waals surface area contributed by atoms with Crippen LogP contribution in [0.5, 0.6) is 5.75 Å². The van der Waals surface area contributed by atoms with Gasteiger partial charge in [0, 0.05) is 12.6 Å². The fourth-order valence-corrected chi connectivity index (χ4v) is 3.88. The molecule has 0 bridgehead atoms. The van der Waals surface area contributed by atoms with Crippen LogP contribution in [0.3, 0.4) is 0 Å². The highest BCUT2D eigenvalue weighted by Gasteiger charge is 2.19. The summed E-state index contributed by atoms with van der Waals surface area (Å²) < 4.78 is 6.95. The maximum Gasteiger partial charge on any atom is 0.224 e. The van der Waals surface area contributed by atoms with E-state index in [0.717, 1.165) is 16.9 Å². The second kappa shape index (κ2) is 10.3. The van der Waals surface area contributed by atoms with Crippen molar-refractivity contribution in [3.05, 3.63) is 71.0 Å². The number of rotatable bonds is 9. The van der Waals surface area contributed by atoms with Crippen molar-refractivity contribution in [3.63, 3.8) is 0 Å². The third kappa shape index (κ3) is 5.95. The molecule has 1 heterocycles. The van der Waals surface area contributed by atoms with Crippen molar-refractivity contribution in [2.75, 3.05) is 12.9 Å². The first-order valence-electron chi connectivity index (χ1n) is 9.91. The van der Waals surface area contributed by atoms with Crippen molar-refractivity contribution in [1.82, 2.24) is 20.1 Å². The lowest BCUT2D eigenvalue weighted by Crippen LogP contribution is -2.29. The van der Waals surface area contributed by atoms with Gasteiger partial charge in [-0.2, -0.15) is 0 Å². The van der Waals surface area contributed by atoms with Crippen LogP contribution in [0.15, 0.2) is 53.7 Å². The number of ether oxygens (including phenoxy) is 1. The molecule has 3 rings (SSSR count). The topological polar surface area (TPSA) is 86.1 Å². The van der Waals surface area contributed by atoms with Crippen molar-refractivity contribution in [1.29, 1.82) is 0 Å². The monoisotopic (exact) mass is 438 g/mol. The molecule has 1 atom stereocenters. The number of aryl methyl sites for hydroxylation is 1. The highest BCUT2D eigenvalue weighted by Crippen LogP contribution is 2.20. The van der Waals surface area contributed by atoms with Gasteiger partial charge in [0.2, 0.25) is 5.91 Å². The molecule has 1 aromatic heterocycles. The number of hydrogen-bond acceptors (Lipinski definition) is 6. The van der Waals surface area contributed by atoms with Crippen LogP contribution < -0.4 is 10.1 Å². The molecule has 0 aliphatic carbocycles. The van der Waals surface area contributed by atoms with Crippen LogP contribution in [0, 0.1) is 6.92 Å². The minimum atomic E-state index is -0.314. The van der Waals surface area contributed by atoms with Gasteiger partial charge in [0.15, 0.2) is 16.8 Å². The maximum absolute atomic E-state index is 12.4. The summed E-state index contributed by atoms with van der Waals surface area (Å²) in [6.45, 7) is 3.85. The zero-order valence-electron chi connectivity index (χ0n) is 18.1. The molecule has 3 aromatic rings. The highest BCUT2D eigenvalue weighted by molar-refractivity contribution is 7.99. The molecule has 2 aromatic carbocycles. The van der Waals surface area contributed by atoms with E-state index in [4.69, 9.17) is 4.74 Å². The fourth-order valence-electron chi connectivity index (χ4n) is 3.07. The SMILES string of the molecule is COc1ccc(CC(=O)N[C@H](C)c2nnc(SCC(=O)c3ccc(C)cc3)n2C)cc1. The number of carbonyl (C=O) groups is 2. The van der Waals surface area contributed by atoms with E-state index in [1.54, 1.807) is 7.11 Å². The van der Waals surface area contributed by atoms with E-state index in [2.05, 4.69) is 15.5 Å². The Hall–Kier alpha value is -3.13. The molecular weight excluding hydrogens is 412 g/mol. The third-order valence-electron chi connectivity index (χ3n) is 4.86. The van der Waals surface area contributed by atoms with Crippen LogP contribution in [0.4, 0.5) is 0 Å². The molecule has 0 unspecified atom stereocenters. The number of ketones is 1. The van der Waals surface area contributed by atoms with Crippen molar-refractivity contribution in [2.45, 2.75) is 31.5 Å². The predicted octanol–water partition coefficient (Wildman–Crippen LogP) is 3.53. The molecular formula is C23H26N4O3S. The quantitative estimate of drug-likeness (QED) is 0.406. The average molecular weight is 439 g/mol. The summed E-state index contributed by atoms with van der Waals surface area (Å²) in [4.78, 5) is 24.8. The summed E-state index contributed by atoms with van der Waals surface area (Å²) in [5, 5.41) is 12.0. The molecule has 0 aliphatic heterocycles. The normalized spacial score (nSPS) is 11.7. The smallest absolute Gasteiger partial charge is 0.224 e. The van der Waals surface area contributed by atoms with E-state index in [9.17, 15) is 9.59 Å². The fraction of sp³-hybridized carbons (Fsp3) is 0.304. The molecule has 0 radical (unpaired) electrons. The summed E-state index contributed by atoms with van der Waals surface area (Å²) >= 11 is 1.33. The first-order chi connectivity index (χ1) is 14.9. The number of methoxy groups -OCH3 is 1. The molecule has 162 valence electrons. The third-order valence-corrected chi connectivity index (χ3v) is 5.88. The van der Waals surface area contributed by atoms with Crippen LogP contribution in [-0.4, -0.2) is 39.3 Å². The maximum atomic E-state index is 12.4. The minimum Gasteiger partial charge on any atom is -0.497 e. The molecule has 0 aliphatic rings. The largest absolute Gasteiger partial charge is 0.497 e. The Morgan fingerprint density at radius 2 is 1.77 bits per heavy atom. The van der Waals surface area contributed by atoms with Gasteiger partial charge in [-0.05, 0) is 31.5 Å². The number of amides is 1. The highest BCUT2D eigenvalue weighted by atomic mass is 32.2. The lowest BCUT2D eigenvalue weighted by Gasteiger charge is -2.14. The second-order valence-electron chi connectivity index (χ2n) is 7.29. The lowest BCUT2D eigenvalue weighted by molar-refractivity contribution is -0.121. The number of benzene rings is 2. The average Bonchev–Trinajstić information content (AvgIpc) is 3.13. The van der Waals surface area contributed by atoms with Crippen LogP contribution in [0.1, 0.15) is 40.3 Å². The van der Waals surface area contributed by atoms with Crippen LogP contribution in [0.2, 0.25) is 0 Å². The zero-order valence-corrected chi connectivity index (χ0v) is 18.9. The lowest BCUT2D eigenvalue weighted by atomic mass is 10.1. The minimum absolute atomic E-state index is 0.0374. The Morgan fingerprint density at radius 3 is 2.42 bits per heavy atom. The second-order valence-corrected chi connectivity index (χ2v) is 8.23. The number of aromatic nitrogens is 3. The summed E-state index contributed by atoms with van der Waals surface area (Å²) in [5.41, 5.74) is 2.69. The van der Waals surface area contributed by atoms with E-state index in [1.165, 1.54) is 11.8 Å². The number of nitrogens with zero attached hydrogens (tertiary/aromatic N) is 3. The Morgan fingerprint density at radius 1 is 1.10 bits per heavy atom. The zero-order chi connectivity index (χ0) is 22.4. The van der Waals surface area contributed by atoms with E-state index in [-0.39, 0.29) is 29.9 Å². The van der Waals surface area contributed by atoms with E-state index in [0.29, 0.717) is 16.5 Å². The first-order valence-corrected chi connectivity index (χ1v) is 10.9. The Labute approximate surface area is 186 Å². The van der Waals surface area contributed by atoms with Crippen molar-refractivity contribution in [3.8, 4) is 5.75 Å². The molecule has 0 saturated heterocycles. The number of nitrogens with one attached hydrogen (secondary N) is 1. The van der Waals surface area contributed by atoms with Gasteiger partial charge in [-0.25, -0.2) is 0 Å². The summed E-state index contributed by atoms with van der Waals surface area (Å²) in [7, 11) is 3.44. The van der Waals surface area contributed by atoms with Gasteiger partial charge in [0.05, 0.1) is 25.3 Å². The molecule has 31 heavy (non-hydrogen) atoms. The van der Waals surface area contributed by atoms with Gasteiger partial charge in [0.1, 0.15) is 5.75 Å². The summed E-state index contributed by atoms with van der Waals surface area (Å²) in [5.74, 6) is 1.59. The summed E-state index contributed by atoms with van der Waals surface area (Å²) in [6, 6.07) is 14.6. The van der Waals surface area contributed by atoms with Gasteiger partial charge in [-0.1, -0.05) is 53.7 Å². The molecule has 0 spiro atoms. The van der Waals surface area contributed by atoms with Gasteiger partial charge in [0.25, 0.3) is 0 Å². The standard InChI is InChI=1S/C23H26N4O3S/c1-15-5-9-18(10-6-15)20(28)14-31-23-26-25-22(27(23)3)16(2)24-21(29)13-17-7-11-19(30-4)12-8-17/h5-12,16H,13-14H2,1-4H3,(H,24,29)/t16-/m1/s1. The van der Waals surface area contributed by atoms with Crippen molar-refractivity contribution < 1.29 is 14.3 Å². The van der Waals surface area contributed by atoms with E-state index >= 15 is 0 Å². The van der Waals surface area contributed by atoms with Gasteiger partial charge in [-0.3, -0.25) is 9.59 Å². The Kier molecular flexibility index (Phi) is 7.46. The molecule has 8 heteroatoms. The molecule has 1 N–H and O–H groups in total. The Balaban J connectivity index is 1.56.